The maximum Gasteiger partial charge on any atom is 0.243 e. The van der Waals surface area contributed by atoms with Gasteiger partial charge in [-0.25, -0.2) is 0 Å². The second-order valence-electron chi connectivity index (χ2n) is 3.80. The summed E-state index contributed by atoms with van der Waals surface area (Å²) in [4.78, 5) is 4.11. The zero-order valence-electron chi connectivity index (χ0n) is 10.3. The van der Waals surface area contributed by atoms with Gasteiger partial charge in [0.05, 0.1) is 13.2 Å². The van der Waals surface area contributed by atoms with Crippen LogP contribution < -0.4 is 15.2 Å². The topological polar surface area (TPSA) is 83.4 Å². The number of aromatic nitrogens is 2. The maximum atomic E-state index is 5.62. The van der Waals surface area contributed by atoms with Gasteiger partial charge in [-0.05, 0) is 31.2 Å². The van der Waals surface area contributed by atoms with Gasteiger partial charge in [-0.1, -0.05) is 5.16 Å². The fourth-order valence-corrected chi connectivity index (χ4v) is 1.33. The molecule has 0 bridgehead atoms. The molecule has 0 saturated carbocycles. The zero-order chi connectivity index (χ0) is 13.0. The first-order valence-electron chi connectivity index (χ1n) is 5.54. The molecular formula is C12H15N3O3. The summed E-state index contributed by atoms with van der Waals surface area (Å²) in [7, 11) is 1.62. The molecule has 1 atom stereocenters. The van der Waals surface area contributed by atoms with Gasteiger partial charge in [0.1, 0.15) is 11.5 Å². The lowest BCUT2D eigenvalue weighted by Gasteiger charge is -2.04. The Morgan fingerprint density at radius 3 is 2.50 bits per heavy atom. The third-order valence-corrected chi connectivity index (χ3v) is 2.30. The lowest BCUT2D eigenvalue weighted by Crippen LogP contribution is -2.05. The number of hydrogen-bond acceptors (Lipinski definition) is 6. The van der Waals surface area contributed by atoms with Crippen molar-refractivity contribution in [3.63, 3.8) is 0 Å². The Balaban J connectivity index is 1.93. The van der Waals surface area contributed by atoms with Gasteiger partial charge in [0, 0.05) is 0 Å². The fourth-order valence-electron chi connectivity index (χ4n) is 1.33. The maximum absolute atomic E-state index is 5.62. The second-order valence-corrected chi connectivity index (χ2v) is 3.80. The standard InChI is InChI=1S/C12H15N3O3/c1-8(13)12-14-11(15-18-12)7-17-10-5-3-9(16-2)4-6-10/h3-6,8H,7,13H2,1-2H3. The van der Waals surface area contributed by atoms with Crippen LogP contribution in [0.5, 0.6) is 11.5 Å². The van der Waals surface area contributed by atoms with Crippen LogP contribution in [0.3, 0.4) is 0 Å². The summed E-state index contributed by atoms with van der Waals surface area (Å²) < 4.78 is 15.5. The van der Waals surface area contributed by atoms with E-state index in [2.05, 4.69) is 10.1 Å². The van der Waals surface area contributed by atoms with E-state index >= 15 is 0 Å². The van der Waals surface area contributed by atoms with Crippen LogP contribution in [0.2, 0.25) is 0 Å². The van der Waals surface area contributed by atoms with Gasteiger partial charge >= 0.3 is 0 Å². The molecule has 1 aromatic heterocycles. The summed E-state index contributed by atoms with van der Waals surface area (Å²) in [6.07, 6.45) is 0. The van der Waals surface area contributed by atoms with E-state index < -0.39 is 0 Å². The smallest absolute Gasteiger partial charge is 0.243 e. The van der Waals surface area contributed by atoms with Crippen LogP contribution in [0.1, 0.15) is 24.7 Å². The molecule has 0 spiro atoms. The van der Waals surface area contributed by atoms with Crippen LogP contribution >= 0.6 is 0 Å². The average Bonchev–Trinajstić information content (AvgIpc) is 2.86. The molecule has 2 rings (SSSR count). The normalized spacial score (nSPS) is 12.2. The molecule has 0 fully saturated rings. The molecule has 6 heteroatoms. The summed E-state index contributed by atoms with van der Waals surface area (Å²) >= 11 is 0. The third kappa shape index (κ3) is 2.98. The van der Waals surface area contributed by atoms with Crippen LogP contribution in [-0.4, -0.2) is 17.3 Å². The lowest BCUT2D eigenvalue weighted by molar-refractivity contribution is 0.283. The van der Waals surface area contributed by atoms with Crippen LogP contribution in [-0.2, 0) is 6.61 Å². The van der Waals surface area contributed by atoms with E-state index in [0.717, 1.165) is 5.75 Å². The van der Waals surface area contributed by atoms with E-state index in [-0.39, 0.29) is 12.6 Å². The summed E-state index contributed by atoms with van der Waals surface area (Å²) in [6, 6.07) is 6.99. The zero-order valence-corrected chi connectivity index (χ0v) is 10.3. The summed E-state index contributed by atoms with van der Waals surface area (Å²) in [6.45, 7) is 2.02. The number of benzene rings is 1. The van der Waals surface area contributed by atoms with Crippen LogP contribution in [0, 0.1) is 0 Å². The molecular weight excluding hydrogens is 234 g/mol. The van der Waals surface area contributed by atoms with Crippen molar-refractivity contribution in [2.24, 2.45) is 5.73 Å². The number of hydrogen-bond donors (Lipinski definition) is 1. The average molecular weight is 249 g/mol. The van der Waals surface area contributed by atoms with Gasteiger partial charge in [0.2, 0.25) is 11.7 Å². The van der Waals surface area contributed by atoms with E-state index in [1.165, 1.54) is 0 Å². The SMILES string of the molecule is COc1ccc(OCc2noc(C(C)N)n2)cc1. The predicted octanol–water partition coefficient (Wildman–Crippen LogP) is 1.68. The quantitative estimate of drug-likeness (QED) is 0.867. The Morgan fingerprint density at radius 2 is 1.94 bits per heavy atom. The summed E-state index contributed by atoms with van der Waals surface area (Å²) in [5.41, 5.74) is 5.62. The molecule has 6 nitrogen and oxygen atoms in total. The highest BCUT2D eigenvalue weighted by molar-refractivity contribution is 5.31. The second kappa shape index (κ2) is 5.50. The molecule has 0 aliphatic heterocycles. The van der Waals surface area contributed by atoms with E-state index in [1.807, 2.05) is 24.3 Å². The molecule has 0 radical (unpaired) electrons. The van der Waals surface area contributed by atoms with Gasteiger partial charge in [-0.3, -0.25) is 0 Å². The molecule has 0 aliphatic rings. The molecule has 1 heterocycles. The molecule has 96 valence electrons. The Kier molecular flexibility index (Phi) is 3.78. The molecule has 0 saturated heterocycles. The number of nitrogens with zero attached hydrogens (tertiary/aromatic N) is 2. The highest BCUT2D eigenvalue weighted by Crippen LogP contribution is 2.18. The van der Waals surface area contributed by atoms with Crippen LogP contribution in [0.25, 0.3) is 0 Å². The van der Waals surface area contributed by atoms with E-state index in [0.29, 0.717) is 17.5 Å². The van der Waals surface area contributed by atoms with Gasteiger partial charge < -0.3 is 19.7 Å². The molecule has 0 amide bonds. The van der Waals surface area contributed by atoms with Gasteiger partial charge in [-0.2, -0.15) is 4.98 Å². The van der Waals surface area contributed by atoms with Gasteiger partial charge in [0.25, 0.3) is 0 Å². The largest absolute Gasteiger partial charge is 0.497 e. The molecule has 0 aliphatic carbocycles. The van der Waals surface area contributed by atoms with Crippen molar-refractivity contribution < 1.29 is 14.0 Å². The van der Waals surface area contributed by atoms with Crippen molar-refractivity contribution >= 4 is 0 Å². The Bertz CT molecular complexity index is 494. The number of methoxy groups -OCH3 is 1. The number of rotatable bonds is 5. The number of nitrogens with two attached hydrogens (primary N) is 1. The van der Waals surface area contributed by atoms with Crippen molar-refractivity contribution in [2.45, 2.75) is 19.6 Å². The minimum absolute atomic E-state index is 0.239. The molecule has 1 unspecified atom stereocenters. The minimum atomic E-state index is -0.271. The van der Waals surface area contributed by atoms with Crippen molar-refractivity contribution in [1.29, 1.82) is 0 Å². The lowest BCUT2D eigenvalue weighted by atomic mass is 10.3. The van der Waals surface area contributed by atoms with Crippen LogP contribution in [0.4, 0.5) is 0 Å². The monoisotopic (exact) mass is 249 g/mol. The Morgan fingerprint density at radius 1 is 1.28 bits per heavy atom. The van der Waals surface area contributed by atoms with Crippen molar-refractivity contribution in [3.8, 4) is 11.5 Å². The molecule has 2 aromatic rings. The highest BCUT2D eigenvalue weighted by Gasteiger charge is 2.10. The van der Waals surface area contributed by atoms with Crippen molar-refractivity contribution in [2.75, 3.05) is 7.11 Å². The summed E-state index contributed by atoms with van der Waals surface area (Å²) in [5, 5.41) is 3.77. The van der Waals surface area contributed by atoms with Gasteiger partial charge in [-0.15, -0.1) is 0 Å². The van der Waals surface area contributed by atoms with E-state index in [4.69, 9.17) is 19.7 Å². The molecule has 1 aromatic carbocycles. The first kappa shape index (κ1) is 12.4. The predicted molar refractivity (Wildman–Crippen MR) is 64.2 cm³/mol. The van der Waals surface area contributed by atoms with E-state index in [1.54, 1.807) is 14.0 Å². The highest BCUT2D eigenvalue weighted by atomic mass is 16.5. The van der Waals surface area contributed by atoms with Gasteiger partial charge in [0.15, 0.2) is 6.61 Å². The molecule has 18 heavy (non-hydrogen) atoms. The van der Waals surface area contributed by atoms with Crippen molar-refractivity contribution in [1.82, 2.24) is 10.1 Å². The van der Waals surface area contributed by atoms with E-state index in [9.17, 15) is 0 Å². The Labute approximate surface area is 105 Å². The first-order valence-corrected chi connectivity index (χ1v) is 5.54. The van der Waals surface area contributed by atoms with Crippen molar-refractivity contribution in [3.05, 3.63) is 36.0 Å². The minimum Gasteiger partial charge on any atom is -0.497 e. The summed E-state index contributed by atoms with van der Waals surface area (Å²) in [5.74, 6) is 2.37. The first-order chi connectivity index (χ1) is 8.69. The fraction of sp³-hybridized carbons (Fsp3) is 0.333. The van der Waals surface area contributed by atoms with Crippen LogP contribution in [0.15, 0.2) is 28.8 Å². The Hall–Kier alpha value is -2.08. The molecule has 2 N–H and O–H groups in total. The number of ether oxygens (including phenoxy) is 2. The third-order valence-electron chi connectivity index (χ3n) is 2.30.